The van der Waals surface area contributed by atoms with Crippen molar-refractivity contribution in [3.8, 4) is 21.9 Å². The minimum Gasteiger partial charge on any atom is -0.492 e. The van der Waals surface area contributed by atoms with E-state index in [4.69, 9.17) is 9.47 Å². The van der Waals surface area contributed by atoms with Crippen LogP contribution in [-0.2, 0) is 0 Å². The van der Waals surface area contributed by atoms with Gasteiger partial charge in [-0.2, -0.15) is 0 Å². The Hall–Kier alpha value is -3.19. The van der Waals surface area contributed by atoms with Crippen LogP contribution in [-0.4, -0.2) is 67.1 Å². The highest BCUT2D eigenvalue weighted by Crippen LogP contribution is 2.40. The molecule has 0 unspecified atom stereocenters. The molecule has 44 heavy (non-hydrogen) atoms. The lowest BCUT2D eigenvalue weighted by Crippen LogP contribution is -2.49. The Labute approximate surface area is 265 Å². The predicted octanol–water partition coefficient (Wildman–Crippen LogP) is 8.45. The Kier molecular flexibility index (Phi) is 9.29. The van der Waals surface area contributed by atoms with Crippen molar-refractivity contribution in [1.29, 1.82) is 0 Å². The van der Waals surface area contributed by atoms with Crippen LogP contribution in [0, 0.1) is 0 Å². The van der Waals surface area contributed by atoms with E-state index in [-0.39, 0.29) is 11.9 Å². The number of carbonyl (C=O) groups excluding carboxylic acids is 1. The van der Waals surface area contributed by atoms with Gasteiger partial charge in [-0.05, 0) is 131 Å². The van der Waals surface area contributed by atoms with Crippen molar-refractivity contribution < 1.29 is 14.3 Å². The van der Waals surface area contributed by atoms with Gasteiger partial charge in [0.05, 0.1) is 0 Å². The van der Waals surface area contributed by atoms with E-state index in [9.17, 15) is 4.79 Å². The summed E-state index contributed by atoms with van der Waals surface area (Å²) >= 11 is 1.68. The van der Waals surface area contributed by atoms with Gasteiger partial charge in [0.15, 0.2) is 5.78 Å². The van der Waals surface area contributed by atoms with Crippen LogP contribution in [0.15, 0.2) is 72.8 Å². The number of ketones is 1. The summed E-state index contributed by atoms with van der Waals surface area (Å²) in [6.45, 7) is 6.43. The van der Waals surface area contributed by atoms with Crippen LogP contribution >= 0.6 is 11.3 Å². The summed E-state index contributed by atoms with van der Waals surface area (Å²) in [6.07, 6.45) is 11.6. The summed E-state index contributed by atoms with van der Waals surface area (Å²) in [4.78, 5) is 20.3. The van der Waals surface area contributed by atoms with Crippen molar-refractivity contribution in [3.63, 3.8) is 0 Å². The van der Waals surface area contributed by atoms with E-state index >= 15 is 0 Å². The summed E-state index contributed by atoms with van der Waals surface area (Å²) < 4.78 is 13.8. The molecule has 0 amide bonds. The molecule has 2 saturated heterocycles. The van der Waals surface area contributed by atoms with Gasteiger partial charge in [-0.1, -0.05) is 31.0 Å². The molecule has 7 rings (SSSR count). The Bertz CT molecular complexity index is 1530. The molecule has 3 fully saturated rings. The molecule has 5 nitrogen and oxygen atoms in total. The number of benzene rings is 3. The fourth-order valence-corrected chi connectivity index (χ4v) is 8.57. The van der Waals surface area contributed by atoms with Gasteiger partial charge in [-0.25, -0.2) is 0 Å². The van der Waals surface area contributed by atoms with E-state index in [1.165, 1.54) is 77.5 Å². The maximum Gasteiger partial charge on any atom is 0.195 e. The number of piperidine rings is 1. The SMILES string of the molecule is O=C(c1ccc(O[C@@H]2CCCC[C@H]2N2CCCCC2)cc1)c1c(-c2ccc(OCCN3CCCC3)cc2)sc2ccccc12. The van der Waals surface area contributed by atoms with Crippen LogP contribution < -0.4 is 9.47 Å². The molecule has 0 N–H and O–H groups in total. The number of thiophene rings is 1. The maximum atomic E-state index is 14.1. The average molecular weight is 609 g/mol. The third kappa shape index (κ3) is 6.58. The fourth-order valence-electron chi connectivity index (χ4n) is 7.36. The Morgan fingerprint density at radius 2 is 1.45 bits per heavy atom. The highest BCUT2D eigenvalue weighted by atomic mass is 32.1. The standard InChI is InChI=1S/C38H44N2O3S/c41-37(28-14-20-31(21-15-28)43-34-12-4-3-11-33(34)40-24-6-1-7-25-40)36-32-10-2-5-13-35(32)44-38(36)29-16-18-30(19-17-29)42-27-26-39-22-8-9-23-39/h2,5,10,13-21,33-34H,1,3-4,6-9,11-12,22-27H2/t33-,34-/m1/s1. The maximum absolute atomic E-state index is 14.1. The van der Waals surface area contributed by atoms with Gasteiger partial charge in [0.25, 0.3) is 0 Å². The number of fused-ring (bicyclic) bond motifs is 1. The largest absolute Gasteiger partial charge is 0.492 e. The molecule has 0 spiro atoms. The fraction of sp³-hybridized carbons (Fsp3) is 0.447. The lowest BCUT2D eigenvalue weighted by molar-refractivity contribution is 0.0261. The van der Waals surface area contributed by atoms with Crippen molar-refractivity contribution >= 4 is 27.2 Å². The smallest absolute Gasteiger partial charge is 0.195 e. The van der Waals surface area contributed by atoms with Gasteiger partial charge < -0.3 is 9.47 Å². The number of ether oxygens (including phenoxy) is 2. The van der Waals surface area contributed by atoms with Gasteiger partial charge in [0.1, 0.15) is 24.2 Å². The average Bonchev–Trinajstić information content (AvgIpc) is 3.74. The predicted molar refractivity (Wildman–Crippen MR) is 180 cm³/mol. The normalized spacial score (nSPS) is 21.5. The van der Waals surface area contributed by atoms with Crippen LogP contribution in [0.5, 0.6) is 11.5 Å². The zero-order valence-electron chi connectivity index (χ0n) is 25.7. The number of hydrogen-bond donors (Lipinski definition) is 0. The molecule has 6 heteroatoms. The van der Waals surface area contributed by atoms with Crippen LogP contribution in [0.25, 0.3) is 20.5 Å². The Morgan fingerprint density at radius 1 is 0.750 bits per heavy atom. The third-order valence-electron chi connectivity index (χ3n) is 9.75. The van der Waals surface area contributed by atoms with Crippen LogP contribution in [0.3, 0.4) is 0 Å². The van der Waals surface area contributed by atoms with E-state index in [1.807, 2.05) is 48.5 Å². The lowest BCUT2D eigenvalue weighted by Gasteiger charge is -2.41. The molecule has 0 bridgehead atoms. The third-order valence-corrected chi connectivity index (χ3v) is 11.0. The first-order chi connectivity index (χ1) is 21.7. The van der Waals surface area contributed by atoms with Crippen LogP contribution in [0.1, 0.15) is 73.7 Å². The molecule has 3 aliphatic rings. The molecular formula is C38H44N2O3S. The topological polar surface area (TPSA) is 42.0 Å². The number of nitrogens with zero attached hydrogens (tertiary/aromatic N) is 2. The van der Waals surface area contributed by atoms with E-state index in [0.717, 1.165) is 50.6 Å². The first kappa shape index (κ1) is 29.5. The zero-order chi connectivity index (χ0) is 29.7. The Balaban J connectivity index is 1.08. The first-order valence-corrected chi connectivity index (χ1v) is 17.6. The minimum atomic E-state index is 0.0544. The second-order valence-electron chi connectivity index (χ2n) is 12.7. The van der Waals surface area contributed by atoms with Crippen molar-refractivity contribution in [2.24, 2.45) is 0 Å². The molecule has 2 aliphatic heterocycles. The van der Waals surface area contributed by atoms with Crippen LogP contribution in [0.4, 0.5) is 0 Å². The van der Waals surface area contributed by atoms with Crippen molar-refractivity contribution in [2.75, 3.05) is 39.3 Å². The quantitative estimate of drug-likeness (QED) is 0.169. The van der Waals surface area contributed by atoms with Crippen molar-refractivity contribution in [2.45, 2.75) is 69.9 Å². The minimum absolute atomic E-state index is 0.0544. The molecule has 1 aromatic heterocycles. The molecule has 230 valence electrons. The Morgan fingerprint density at radius 3 is 2.25 bits per heavy atom. The van der Waals surface area contributed by atoms with E-state index in [0.29, 0.717) is 18.2 Å². The number of hydrogen-bond acceptors (Lipinski definition) is 6. The molecule has 1 aliphatic carbocycles. The van der Waals surface area contributed by atoms with E-state index in [1.54, 1.807) is 11.3 Å². The van der Waals surface area contributed by atoms with E-state index in [2.05, 4.69) is 34.1 Å². The van der Waals surface area contributed by atoms with E-state index < -0.39 is 0 Å². The second kappa shape index (κ2) is 13.8. The monoisotopic (exact) mass is 608 g/mol. The van der Waals surface area contributed by atoms with Crippen molar-refractivity contribution in [1.82, 2.24) is 9.80 Å². The number of likely N-dealkylation sites (tertiary alicyclic amines) is 2. The molecule has 4 aromatic rings. The van der Waals surface area contributed by atoms with Gasteiger partial charge in [-0.3, -0.25) is 14.6 Å². The first-order valence-electron chi connectivity index (χ1n) is 16.8. The van der Waals surface area contributed by atoms with Gasteiger partial charge >= 0.3 is 0 Å². The highest BCUT2D eigenvalue weighted by molar-refractivity contribution is 7.22. The van der Waals surface area contributed by atoms with Crippen LogP contribution in [0.2, 0.25) is 0 Å². The zero-order valence-corrected chi connectivity index (χ0v) is 26.5. The molecule has 3 heterocycles. The molecule has 3 aromatic carbocycles. The van der Waals surface area contributed by atoms with Gasteiger partial charge in [-0.15, -0.1) is 11.3 Å². The summed E-state index contributed by atoms with van der Waals surface area (Å²) in [6, 6.07) is 24.9. The molecule has 2 atom stereocenters. The summed E-state index contributed by atoms with van der Waals surface area (Å²) in [5.74, 6) is 1.79. The highest BCUT2D eigenvalue weighted by Gasteiger charge is 2.32. The molecule has 0 radical (unpaired) electrons. The second-order valence-corrected chi connectivity index (χ2v) is 13.7. The summed E-state index contributed by atoms with van der Waals surface area (Å²) in [5, 5.41) is 1.01. The summed E-state index contributed by atoms with van der Waals surface area (Å²) in [5.41, 5.74) is 2.52. The van der Waals surface area contributed by atoms with Gasteiger partial charge in [0, 0.05) is 38.7 Å². The summed E-state index contributed by atoms with van der Waals surface area (Å²) in [7, 11) is 0. The van der Waals surface area contributed by atoms with Gasteiger partial charge in [0.2, 0.25) is 0 Å². The molecular weight excluding hydrogens is 564 g/mol. The van der Waals surface area contributed by atoms with Crippen molar-refractivity contribution in [3.05, 3.63) is 83.9 Å². The lowest BCUT2D eigenvalue weighted by atomic mass is 9.90. The number of carbonyl (C=O) groups is 1. The number of rotatable bonds is 10. The molecule has 1 saturated carbocycles.